The van der Waals surface area contributed by atoms with Crippen LogP contribution in [0.3, 0.4) is 0 Å². The molecule has 4 nitrogen and oxygen atoms in total. The molecule has 0 radical (unpaired) electrons. The van der Waals surface area contributed by atoms with Crippen molar-refractivity contribution in [3.8, 4) is 5.69 Å². The Kier molecular flexibility index (Phi) is 2.95. The minimum Gasteiger partial charge on any atom is -0.476 e. The minimum absolute atomic E-state index is 0.0881. The van der Waals surface area contributed by atoms with E-state index in [2.05, 4.69) is 5.10 Å². The summed E-state index contributed by atoms with van der Waals surface area (Å²) in [6, 6.07) is 9.41. The van der Waals surface area contributed by atoms with Crippen molar-refractivity contribution in [2.45, 2.75) is 20.3 Å². The lowest BCUT2D eigenvalue weighted by atomic mass is 10.2. The Hall–Kier alpha value is -2.10. The van der Waals surface area contributed by atoms with Crippen LogP contribution in [0, 0.1) is 6.92 Å². The number of aryl methyl sites for hydroxylation is 2. The van der Waals surface area contributed by atoms with Crippen LogP contribution in [0.25, 0.3) is 5.69 Å². The summed E-state index contributed by atoms with van der Waals surface area (Å²) in [5.41, 5.74) is 2.99. The van der Waals surface area contributed by atoms with Gasteiger partial charge in [-0.3, -0.25) is 0 Å². The molecule has 0 aliphatic carbocycles. The van der Waals surface area contributed by atoms with E-state index in [0.29, 0.717) is 0 Å². The van der Waals surface area contributed by atoms with E-state index in [-0.39, 0.29) is 5.69 Å². The van der Waals surface area contributed by atoms with E-state index in [4.69, 9.17) is 5.11 Å². The summed E-state index contributed by atoms with van der Waals surface area (Å²) >= 11 is 0. The molecule has 0 amide bonds. The predicted octanol–water partition coefficient (Wildman–Crippen LogP) is 2.44. The zero-order chi connectivity index (χ0) is 12.4. The molecule has 1 aromatic heterocycles. The van der Waals surface area contributed by atoms with Crippen molar-refractivity contribution < 1.29 is 9.90 Å². The second-order valence-corrected chi connectivity index (χ2v) is 3.88. The van der Waals surface area contributed by atoms with Crippen LogP contribution in [-0.2, 0) is 6.42 Å². The summed E-state index contributed by atoms with van der Waals surface area (Å²) in [5.74, 6) is -0.993. The molecule has 88 valence electrons. The number of aromatic nitrogens is 2. The van der Waals surface area contributed by atoms with Gasteiger partial charge in [0.2, 0.25) is 0 Å². The summed E-state index contributed by atoms with van der Waals surface area (Å²) in [6.45, 7) is 3.97. The number of aromatic carboxylic acids is 1. The fourth-order valence-electron chi connectivity index (χ4n) is 1.79. The van der Waals surface area contributed by atoms with Gasteiger partial charge in [0.05, 0.1) is 5.69 Å². The quantitative estimate of drug-likeness (QED) is 0.881. The monoisotopic (exact) mass is 230 g/mol. The topological polar surface area (TPSA) is 55.1 Å². The fourth-order valence-corrected chi connectivity index (χ4v) is 1.79. The van der Waals surface area contributed by atoms with Crippen LogP contribution in [0.5, 0.6) is 0 Å². The van der Waals surface area contributed by atoms with Crippen LogP contribution in [0.2, 0.25) is 0 Å². The van der Waals surface area contributed by atoms with Crippen LogP contribution < -0.4 is 0 Å². The molecule has 0 bridgehead atoms. The van der Waals surface area contributed by atoms with E-state index in [1.165, 1.54) is 0 Å². The molecule has 0 aliphatic heterocycles. The van der Waals surface area contributed by atoms with Crippen molar-refractivity contribution in [3.05, 3.63) is 47.3 Å². The smallest absolute Gasteiger partial charge is 0.356 e. The maximum absolute atomic E-state index is 10.9. The van der Waals surface area contributed by atoms with E-state index >= 15 is 0 Å². The van der Waals surface area contributed by atoms with Crippen molar-refractivity contribution in [1.82, 2.24) is 9.78 Å². The second kappa shape index (κ2) is 4.41. The number of carboxylic acids is 1. The highest BCUT2D eigenvalue weighted by atomic mass is 16.4. The summed E-state index contributed by atoms with van der Waals surface area (Å²) in [7, 11) is 0. The van der Waals surface area contributed by atoms with E-state index in [1.807, 2.05) is 38.1 Å². The van der Waals surface area contributed by atoms with Gasteiger partial charge in [-0.1, -0.05) is 25.1 Å². The number of carbonyl (C=O) groups is 1. The molecule has 0 aliphatic rings. The van der Waals surface area contributed by atoms with Crippen LogP contribution in [-0.4, -0.2) is 20.9 Å². The van der Waals surface area contributed by atoms with Gasteiger partial charge in [-0.05, 0) is 31.0 Å². The molecule has 1 heterocycles. The maximum Gasteiger partial charge on any atom is 0.356 e. The molecule has 17 heavy (non-hydrogen) atoms. The highest BCUT2D eigenvalue weighted by molar-refractivity contribution is 5.85. The van der Waals surface area contributed by atoms with Crippen LogP contribution >= 0.6 is 0 Å². The third-order valence-corrected chi connectivity index (χ3v) is 2.71. The van der Waals surface area contributed by atoms with E-state index in [0.717, 1.165) is 23.4 Å². The molecule has 4 heteroatoms. The lowest BCUT2D eigenvalue weighted by Crippen LogP contribution is -2.04. The van der Waals surface area contributed by atoms with Crippen LogP contribution in [0.15, 0.2) is 30.3 Å². The molecular weight excluding hydrogens is 216 g/mol. The first-order chi connectivity index (χ1) is 8.13. The van der Waals surface area contributed by atoms with Gasteiger partial charge in [-0.2, -0.15) is 5.10 Å². The van der Waals surface area contributed by atoms with Crippen molar-refractivity contribution >= 4 is 5.97 Å². The Morgan fingerprint density at radius 3 is 2.71 bits per heavy atom. The average molecular weight is 230 g/mol. The van der Waals surface area contributed by atoms with Gasteiger partial charge in [0, 0.05) is 5.69 Å². The zero-order valence-corrected chi connectivity index (χ0v) is 9.84. The van der Waals surface area contributed by atoms with Gasteiger partial charge >= 0.3 is 5.97 Å². The lowest BCUT2D eigenvalue weighted by Gasteiger charge is -2.08. The number of hydrogen-bond donors (Lipinski definition) is 1. The molecule has 0 saturated heterocycles. The van der Waals surface area contributed by atoms with Gasteiger partial charge in [-0.15, -0.1) is 0 Å². The molecule has 0 spiro atoms. The summed E-state index contributed by atoms with van der Waals surface area (Å²) < 4.78 is 1.71. The minimum atomic E-state index is -0.993. The first-order valence-electron chi connectivity index (χ1n) is 5.51. The lowest BCUT2D eigenvalue weighted by molar-refractivity contribution is 0.0690. The Labute approximate surface area is 99.5 Å². The first kappa shape index (κ1) is 11.4. The maximum atomic E-state index is 10.9. The first-order valence-corrected chi connectivity index (χ1v) is 5.51. The Morgan fingerprint density at radius 1 is 1.41 bits per heavy atom. The van der Waals surface area contributed by atoms with Crippen molar-refractivity contribution in [3.63, 3.8) is 0 Å². The molecule has 1 N–H and O–H groups in total. The van der Waals surface area contributed by atoms with Crippen LogP contribution in [0.4, 0.5) is 0 Å². The summed E-state index contributed by atoms with van der Waals surface area (Å²) in [6.07, 6.45) is 0.745. The van der Waals surface area contributed by atoms with Gasteiger partial charge in [0.15, 0.2) is 5.69 Å². The van der Waals surface area contributed by atoms with E-state index in [1.54, 1.807) is 10.7 Å². The van der Waals surface area contributed by atoms with E-state index < -0.39 is 5.97 Å². The SMILES string of the molecule is CCc1cc(C(=O)O)nn1-c1ccccc1C. The Morgan fingerprint density at radius 2 is 2.12 bits per heavy atom. The number of carboxylic acid groups (broad SMARTS) is 1. The average Bonchev–Trinajstić information content (AvgIpc) is 2.73. The Balaban J connectivity index is 2.59. The van der Waals surface area contributed by atoms with Gasteiger partial charge in [-0.25, -0.2) is 9.48 Å². The summed E-state index contributed by atoms with van der Waals surface area (Å²) in [4.78, 5) is 10.9. The number of para-hydroxylation sites is 1. The molecular formula is C13H14N2O2. The van der Waals surface area contributed by atoms with Crippen molar-refractivity contribution in [2.75, 3.05) is 0 Å². The molecule has 0 fully saturated rings. The van der Waals surface area contributed by atoms with Crippen molar-refractivity contribution in [1.29, 1.82) is 0 Å². The number of rotatable bonds is 3. The molecule has 0 atom stereocenters. The number of hydrogen-bond acceptors (Lipinski definition) is 2. The standard InChI is InChI=1S/C13H14N2O2/c1-3-10-8-11(13(16)17)14-15(10)12-7-5-4-6-9(12)2/h4-8H,3H2,1-2H3,(H,16,17). The van der Waals surface area contributed by atoms with Crippen LogP contribution in [0.1, 0.15) is 28.7 Å². The van der Waals surface area contributed by atoms with Crippen molar-refractivity contribution in [2.24, 2.45) is 0 Å². The number of benzene rings is 1. The molecule has 2 rings (SSSR count). The van der Waals surface area contributed by atoms with Gasteiger partial charge in [0.25, 0.3) is 0 Å². The second-order valence-electron chi connectivity index (χ2n) is 3.88. The molecule has 0 saturated carbocycles. The van der Waals surface area contributed by atoms with E-state index in [9.17, 15) is 4.79 Å². The fraction of sp³-hybridized carbons (Fsp3) is 0.231. The number of nitrogens with zero attached hydrogens (tertiary/aromatic N) is 2. The molecule has 2 aromatic rings. The largest absolute Gasteiger partial charge is 0.476 e. The third-order valence-electron chi connectivity index (χ3n) is 2.71. The zero-order valence-electron chi connectivity index (χ0n) is 9.84. The highest BCUT2D eigenvalue weighted by Crippen LogP contribution is 2.17. The highest BCUT2D eigenvalue weighted by Gasteiger charge is 2.13. The predicted molar refractivity (Wildman–Crippen MR) is 64.6 cm³/mol. The molecule has 1 aromatic carbocycles. The Bertz CT molecular complexity index is 558. The molecule has 0 unspecified atom stereocenters. The summed E-state index contributed by atoms with van der Waals surface area (Å²) in [5, 5.41) is 13.1. The van der Waals surface area contributed by atoms with Gasteiger partial charge < -0.3 is 5.11 Å². The third kappa shape index (κ3) is 2.06. The normalized spacial score (nSPS) is 10.5. The van der Waals surface area contributed by atoms with Gasteiger partial charge in [0.1, 0.15) is 0 Å².